The molecule has 0 bridgehead atoms. The third kappa shape index (κ3) is 3.12. The number of ketones is 1. The number of ether oxygens (including phenoxy) is 2. The highest BCUT2D eigenvalue weighted by Gasteiger charge is 2.34. The van der Waals surface area contributed by atoms with Crippen LogP contribution in [0.3, 0.4) is 0 Å². The highest BCUT2D eigenvalue weighted by atomic mass is 35.5. The molecule has 160 valence electrons. The highest BCUT2D eigenvalue weighted by molar-refractivity contribution is 7.07. The SMILES string of the molecule is O=C1CCCC2=C1C(c1ccc(Cl)cc1)n1c(sc(=Cc3ccc4c(c3)OCO4)c1=O)=N2. The van der Waals surface area contributed by atoms with Crippen LogP contribution in [-0.2, 0) is 4.79 Å². The molecule has 0 saturated heterocycles. The Hall–Kier alpha value is -3.16. The molecule has 1 atom stereocenters. The van der Waals surface area contributed by atoms with Crippen LogP contribution in [-0.4, -0.2) is 17.1 Å². The predicted octanol–water partition coefficient (Wildman–Crippen LogP) is 3.35. The average Bonchev–Trinajstić information content (AvgIpc) is 3.37. The second-order valence-corrected chi connectivity index (χ2v) is 9.33. The van der Waals surface area contributed by atoms with Gasteiger partial charge in [0.25, 0.3) is 5.56 Å². The lowest BCUT2D eigenvalue weighted by molar-refractivity contribution is -0.116. The van der Waals surface area contributed by atoms with Crippen molar-refractivity contribution in [3.8, 4) is 11.5 Å². The highest BCUT2D eigenvalue weighted by Crippen LogP contribution is 2.36. The first-order valence-corrected chi connectivity index (χ1v) is 11.5. The zero-order chi connectivity index (χ0) is 21.8. The van der Waals surface area contributed by atoms with Gasteiger partial charge in [0.1, 0.15) is 0 Å². The van der Waals surface area contributed by atoms with Crippen LogP contribution in [0.5, 0.6) is 11.5 Å². The number of hydrogen-bond donors (Lipinski definition) is 0. The molecule has 0 radical (unpaired) electrons. The second-order valence-electron chi connectivity index (χ2n) is 7.88. The van der Waals surface area contributed by atoms with Crippen LogP contribution in [0, 0.1) is 0 Å². The molecule has 1 aromatic heterocycles. The maximum Gasteiger partial charge on any atom is 0.271 e. The number of hydrogen-bond acceptors (Lipinski definition) is 6. The Kier molecular flexibility index (Phi) is 4.55. The van der Waals surface area contributed by atoms with E-state index in [4.69, 9.17) is 26.1 Å². The number of carbonyl (C=O) groups excluding carboxylic acids is 1. The van der Waals surface area contributed by atoms with Gasteiger partial charge in [-0.2, -0.15) is 0 Å². The fraction of sp³-hybridized carbons (Fsp3) is 0.208. The number of rotatable bonds is 2. The molecule has 0 saturated carbocycles. The van der Waals surface area contributed by atoms with Crippen molar-refractivity contribution in [2.45, 2.75) is 25.3 Å². The van der Waals surface area contributed by atoms with E-state index >= 15 is 0 Å². The van der Waals surface area contributed by atoms with E-state index in [-0.39, 0.29) is 18.1 Å². The van der Waals surface area contributed by atoms with Crippen LogP contribution in [0.25, 0.3) is 6.08 Å². The summed E-state index contributed by atoms with van der Waals surface area (Å²) in [5.41, 5.74) is 2.93. The van der Waals surface area contributed by atoms with Gasteiger partial charge in [-0.15, -0.1) is 0 Å². The average molecular weight is 465 g/mol. The Morgan fingerprint density at radius 3 is 2.72 bits per heavy atom. The minimum absolute atomic E-state index is 0.0556. The smallest absolute Gasteiger partial charge is 0.271 e. The van der Waals surface area contributed by atoms with Gasteiger partial charge in [0.15, 0.2) is 22.1 Å². The van der Waals surface area contributed by atoms with Crippen molar-refractivity contribution in [2.24, 2.45) is 4.99 Å². The maximum atomic E-state index is 13.5. The molecule has 32 heavy (non-hydrogen) atoms. The van der Waals surface area contributed by atoms with Crippen LogP contribution < -0.4 is 24.4 Å². The summed E-state index contributed by atoms with van der Waals surface area (Å²) in [4.78, 5) is 31.8. The van der Waals surface area contributed by atoms with Crippen molar-refractivity contribution in [3.63, 3.8) is 0 Å². The first-order chi connectivity index (χ1) is 15.6. The number of carbonyl (C=O) groups is 1. The summed E-state index contributed by atoms with van der Waals surface area (Å²) in [6, 6.07) is 12.4. The van der Waals surface area contributed by atoms with Crippen molar-refractivity contribution in [2.75, 3.05) is 6.79 Å². The first-order valence-electron chi connectivity index (χ1n) is 10.3. The lowest BCUT2D eigenvalue weighted by Gasteiger charge is -2.28. The monoisotopic (exact) mass is 464 g/mol. The summed E-state index contributed by atoms with van der Waals surface area (Å²) in [5.74, 6) is 1.41. The van der Waals surface area contributed by atoms with E-state index in [2.05, 4.69) is 0 Å². The van der Waals surface area contributed by atoms with E-state index in [1.165, 1.54) is 11.3 Å². The number of halogens is 1. The molecule has 8 heteroatoms. The molecule has 3 heterocycles. The standard InChI is InChI=1S/C24H17ClN2O4S/c25-15-7-5-14(6-8-15)22-21-16(2-1-3-17(21)28)26-24-27(22)23(29)20(32-24)11-13-4-9-18-19(10-13)31-12-30-18/h4-11,22H,1-3,12H2. The molecule has 1 unspecified atom stereocenters. The van der Waals surface area contributed by atoms with Gasteiger partial charge < -0.3 is 9.47 Å². The number of nitrogens with zero attached hydrogens (tertiary/aromatic N) is 2. The summed E-state index contributed by atoms with van der Waals surface area (Å²) < 4.78 is 13.0. The molecular formula is C24H17ClN2O4S. The molecule has 3 aliphatic rings. The number of aromatic nitrogens is 1. The summed E-state index contributed by atoms with van der Waals surface area (Å²) in [6.07, 6.45) is 3.82. The molecule has 0 spiro atoms. The van der Waals surface area contributed by atoms with E-state index in [1.54, 1.807) is 16.7 Å². The predicted molar refractivity (Wildman–Crippen MR) is 121 cm³/mol. The number of Topliss-reactive ketones (excluding diaryl/α,β-unsaturated/α-hetero) is 1. The molecule has 0 fully saturated rings. The van der Waals surface area contributed by atoms with Crippen LogP contribution >= 0.6 is 22.9 Å². The topological polar surface area (TPSA) is 69.9 Å². The molecule has 2 aliphatic heterocycles. The molecule has 6 nitrogen and oxygen atoms in total. The van der Waals surface area contributed by atoms with Gasteiger partial charge in [-0.1, -0.05) is 41.1 Å². The van der Waals surface area contributed by atoms with Gasteiger partial charge in [-0.25, -0.2) is 4.99 Å². The fourth-order valence-electron chi connectivity index (χ4n) is 4.43. The lowest BCUT2D eigenvalue weighted by atomic mass is 9.86. The van der Waals surface area contributed by atoms with Crippen molar-refractivity contribution < 1.29 is 14.3 Å². The summed E-state index contributed by atoms with van der Waals surface area (Å²) in [5, 5.41) is 0.605. The van der Waals surface area contributed by atoms with Crippen LogP contribution in [0.1, 0.15) is 36.4 Å². The minimum atomic E-state index is -0.495. The fourth-order valence-corrected chi connectivity index (χ4v) is 5.57. The molecule has 0 amide bonds. The lowest BCUT2D eigenvalue weighted by Crippen LogP contribution is -2.40. The van der Waals surface area contributed by atoms with Crippen molar-refractivity contribution in [1.82, 2.24) is 4.57 Å². The van der Waals surface area contributed by atoms with Gasteiger partial charge in [0.05, 0.1) is 16.3 Å². The van der Waals surface area contributed by atoms with Gasteiger partial charge in [-0.3, -0.25) is 14.2 Å². The van der Waals surface area contributed by atoms with E-state index in [1.807, 2.05) is 36.4 Å². The summed E-state index contributed by atoms with van der Waals surface area (Å²) in [7, 11) is 0. The Morgan fingerprint density at radius 1 is 1.06 bits per heavy atom. The largest absolute Gasteiger partial charge is 0.454 e. The normalized spacial score (nSPS) is 19.6. The number of fused-ring (bicyclic) bond motifs is 2. The summed E-state index contributed by atoms with van der Waals surface area (Å²) >= 11 is 7.43. The van der Waals surface area contributed by atoms with E-state index in [0.29, 0.717) is 37.8 Å². The molecule has 2 aromatic carbocycles. The number of benzene rings is 2. The molecule has 6 rings (SSSR count). The second kappa shape index (κ2) is 7.46. The third-order valence-electron chi connectivity index (χ3n) is 5.91. The van der Waals surface area contributed by atoms with Gasteiger partial charge in [0.2, 0.25) is 6.79 Å². The van der Waals surface area contributed by atoms with Crippen LogP contribution in [0.4, 0.5) is 0 Å². The Bertz CT molecular complexity index is 1480. The van der Waals surface area contributed by atoms with Gasteiger partial charge >= 0.3 is 0 Å². The Balaban J connectivity index is 1.55. The van der Waals surface area contributed by atoms with Crippen molar-refractivity contribution >= 4 is 34.8 Å². The van der Waals surface area contributed by atoms with Gasteiger partial charge in [0, 0.05) is 17.0 Å². The van der Waals surface area contributed by atoms with E-state index in [9.17, 15) is 9.59 Å². The van der Waals surface area contributed by atoms with Crippen LogP contribution in [0.2, 0.25) is 5.02 Å². The third-order valence-corrected chi connectivity index (χ3v) is 7.14. The van der Waals surface area contributed by atoms with Gasteiger partial charge in [-0.05, 0) is 54.3 Å². The molecule has 0 N–H and O–H groups in total. The first kappa shape index (κ1) is 19.5. The minimum Gasteiger partial charge on any atom is -0.454 e. The zero-order valence-electron chi connectivity index (χ0n) is 16.8. The molecule has 3 aromatic rings. The van der Waals surface area contributed by atoms with E-state index in [0.717, 1.165) is 29.7 Å². The molecular weight excluding hydrogens is 448 g/mol. The number of allylic oxidation sites excluding steroid dienone is 2. The Labute approximate surface area is 191 Å². The van der Waals surface area contributed by atoms with Crippen molar-refractivity contribution in [1.29, 1.82) is 0 Å². The molecule has 1 aliphatic carbocycles. The maximum absolute atomic E-state index is 13.5. The zero-order valence-corrected chi connectivity index (χ0v) is 18.4. The number of thiazole rings is 1. The quantitative estimate of drug-likeness (QED) is 0.583. The van der Waals surface area contributed by atoms with Crippen LogP contribution in [0.15, 0.2) is 63.5 Å². The van der Waals surface area contributed by atoms with E-state index < -0.39 is 6.04 Å². The van der Waals surface area contributed by atoms with Crippen molar-refractivity contribution in [3.05, 3.63) is 89.6 Å². The summed E-state index contributed by atoms with van der Waals surface area (Å²) in [6.45, 7) is 0.196. The Morgan fingerprint density at radius 2 is 1.88 bits per heavy atom.